The van der Waals surface area contributed by atoms with Gasteiger partial charge in [-0.1, -0.05) is 37.6 Å². The van der Waals surface area contributed by atoms with E-state index in [1.807, 2.05) is 38.1 Å². The van der Waals surface area contributed by atoms with Crippen LogP contribution in [0.5, 0.6) is 0 Å². The predicted octanol–water partition coefficient (Wildman–Crippen LogP) is 4.43. The Morgan fingerprint density at radius 3 is 2.29 bits per heavy atom. The van der Waals surface area contributed by atoms with E-state index in [9.17, 15) is 4.79 Å². The lowest BCUT2D eigenvalue weighted by molar-refractivity contribution is 0.0525. The molecule has 1 aliphatic carbocycles. The number of carbonyl (C=O) groups excluding carboxylic acids is 1. The van der Waals surface area contributed by atoms with Crippen LogP contribution >= 0.6 is 11.6 Å². The van der Waals surface area contributed by atoms with Gasteiger partial charge in [0.05, 0.1) is 17.7 Å². The third-order valence-corrected chi connectivity index (χ3v) is 3.91. The first-order valence-electron chi connectivity index (χ1n) is 8.16. The number of nitrogens with zero attached hydrogens (tertiary/aromatic N) is 2. The minimum atomic E-state index is -0.409. The zero-order valence-corrected chi connectivity index (χ0v) is 14.9. The zero-order valence-electron chi connectivity index (χ0n) is 14.2. The molecule has 1 N–H and O–H groups in total. The normalized spacial score (nSPS) is 14.2. The summed E-state index contributed by atoms with van der Waals surface area (Å²) in [4.78, 5) is 20.0. The highest BCUT2D eigenvalue weighted by Crippen LogP contribution is 2.47. The van der Waals surface area contributed by atoms with Gasteiger partial charge in [-0.25, -0.2) is 14.8 Å². The fraction of sp³-hybridized carbons (Fsp3) is 0.389. The molecule has 24 heavy (non-hydrogen) atoms. The average Bonchev–Trinajstić information content (AvgIpc) is 3.39. The molecule has 0 amide bonds. The number of hydrogen-bond acceptors (Lipinski definition) is 5. The average molecular weight is 348 g/mol. The van der Waals surface area contributed by atoms with Gasteiger partial charge in [-0.3, -0.25) is 0 Å². The highest BCUT2D eigenvalue weighted by atomic mass is 35.5. The van der Waals surface area contributed by atoms with Crippen LogP contribution in [0.3, 0.4) is 0 Å². The van der Waals surface area contributed by atoms with E-state index in [0.717, 1.165) is 23.4 Å². The molecule has 0 unspecified atom stereocenters. The van der Waals surface area contributed by atoms with Gasteiger partial charge in [0.1, 0.15) is 0 Å². The second-order valence-electron chi connectivity index (χ2n) is 5.23. The Hall–Kier alpha value is -2.14. The van der Waals surface area contributed by atoms with Crippen molar-refractivity contribution in [2.45, 2.75) is 39.2 Å². The van der Waals surface area contributed by atoms with Gasteiger partial charge in [0, 0.05) is 17.4 Å². The standard InChI is InChI=1S/C16H16ClN3O2.C2H6/c1-2-22-14(21)11-9-18-15(19-10-11)20-16(7-8-16)12-3-5-13(17)6-4-12;1-2/h3-6,9-10H,2,7-8H2,1H3,(H,18,19,20);1-2H3. The summed E-state index contributed by atoms with van der Waals surface area (Å²) >= 11 is 5.93. The SMILES string of the molecule is CC.CCOC(=O)c1cnc(NC2(c3ccc(Cl)cc3)CC2)nc1. The van der Waals surface area contributed by atoms with Crippen LogP contribution < -0.4 is 5.32 Å². The van der Waals surface area contributed by atoms with Crippen LogP contribution in [-0.4, -0.2) is 22.5 Å². The van der Waals surface area contributed by atoms with E-state index in [-0.39, 0.29) is 5.54 Å². The summed E-state index contributed by atoms with van der Waals surface area (Å²) in [5.74, 6) is 0.0911. The van der Waals surface area contributed by atoms with Crippen LogP contribution in [0.4, 0.5) is 5.95 Å². The Labute approximate surface area is 147 Å². The molecule has 1 aromatic carbocycles. The summed E-state index contributed by atoms with van der Waals surface area (Å²) in [6.07, 6.45) is 4.98. The molecule has 1 heterocycles. The number of hydrogen-bond donors (Lipinski definition) is 1. The molecule has 6 heteroatoms. The number of halogens is 1. The fourth-order valence-corrected chi connectivity index (χ4v) is 2.43. The summed E-state index contributed by atoms with van der Waals surface area (Å²) in [7, 11) is 0. The van der Waals surface area contributed by atoms with Crippen molar-refractivity contribution in [2.75, 3.05) is 11.9 Å². The van der Waals surface area contributed by atoms with Gasteiger partial charge in [0.25, 0.3) is 0 Å². The minimum Gasteiger partial charge on any atom is -0.462 e. The van der Waals surface area contributed by atoms with Crippen molar-refractivity contribution in [3.8, 4) is 0 Å². The van der Waals surface area contributed by atoms with Crippen molar-refractivity contribution in [2.24, 2.45) is 0 Å². The molecule has 5 nitrogen and oxygen atoms in total. The third-order valence-electron chi connectivity index (χ3n) is 3.66. The molecule has 0 bridgehead atoms. The van der Waals surface area contributed by atoms with Gasteiger partial charge < -0.3 is 10.1 Å². The zero-order chi connectivity index (χ0) is 17.6. The molecule has 0 aliphatic heterocycles. The lowest BCUT2D eigenvalue weighted by Gasteiger charge is -2.18. The fourth-order valence-electron chi connectivity index (χ4n) is 2.31. The van der Waals surface area contributed by atoms with Gasteiger partial charge in [-0.05, 0) is 37.5 Å². The van der Waals surface area contributed by atoms with E-state index >= 15 is 0 Å². The van der Waals surface area contributed by atoms with Crippen molar-refractivity contribution in [1.29, 1.82) is 0 Å². The second-order valence-corrected chi connectivity index (χ2v) is 5.67. The van der Waals surface area contributed by atoms with Crippen LogP contribution in [0.2, 0.25) is 5.02 Å². The molecule has 1 fully saturated rings. The van der Waals surface area contributed by atoms with E-state index in [4.69, 9.17) is 16.3 Å². The van der Waals surface area contributed by atoms with E-state index in [0.29, 0.717) is 18.1 Å². The molecule has 1 aromatic heterocycles. The summed E-state index contributed by atoms with van der Waals surface area (Å²) in [5, 5.41) is 4.06. The Bertz CT molecular complexity index is 668. The van der Waals surface area contributed by atoms with E-state index in [1.54, 1.807) is 6.92 Å². The molecule has 2 aromatic rings. The number of ether oxygens (including phenoxy) is 1. The predicted molar refractivity (Wildman–Crippen MR) is 95.3 cm³/mol. The number of benzene rings is 1. The second kappa shape index (κ2) is 8.11. The smallest absolute Gasteiger partial charge is 0.341 e. The summed E-state index contributed by atoms with van der Waals surface area (Å²) < 4.78 is 4.91. The summed E-state index contributed by atoms with van der Waals surface area (Å²) in [6, 6.07) is 7.78. The monoisotopic (exact) mass is 347 g/mol. The number of rotatable bonds is 5. The van der Waals surface area contributed by atoms with Gasteiger partial charge in [0.2, 0.25) is 5.95 Å². The summed E-state index contributed by atoms with van der Waals surface area (Å²) in [5.41, 5.74) is 1.38. The number of esters is 1. The lowest BCUT2D eigenvalue weighted by atomic mass is 10.1. The van der Waals surface area contributed by atoms with Crippen LogP contribution in [0.25, 0.3) is 0 Å². The highest BCUT2D eigenvalue weighted by molar-refractivity contribution is 6.30. The number of carbonyl (C=O) groups is 1. The van der Waals surface area contributed by atoms with Crippen LogP contribution in [0, 0.1) is 0 Å². The Kier molecular flexibility index (Phi) is 6.15. The molecule has 0 radical (unpaired) electrons. The van der Waals surface area contributed by atoms with Crippen molar-refractivity contribution in [3.63, 3.8) is 0 Å². The highest BCUT2D eigenvalue weighted by Gasteiger charge is 2.44. The summed E-state index contributed by atoms with van der Waals surface area (Å²) in [6.45, 7) is 6.09. The quantitative estimate of drug-likeness (QED) is 0.810. The topological polar surface area (TPSA) is 64.1 Å². The van der Waals surface area contributed by atoms with Gasteiger partial charge in [0.15, 0.2) is 0 Å². The molecular weight excluding hydrogens is 326 g/mol. The van der Waals surface area contributed by atoms with E-state index in [2.05, 4.69) is 15.3 Å². The van der Waals surface area contributed by atoms with Gasteiger partial charge >= 0.3 is 5.97 Å². The molecule has 128 valence electrons. The van der Waals surface area contributed by atoms with Crippen LogP contribution in [-0.2, 0) is 10.3 Å². The molecule has 0 spiro atoms. The third kappa shape index (κ3) is 4.23. The molecule has 1 saturated carbocycles. The van der Waals surface area contributed by atoms with Crippen LogP contribution in [0.1, 0.15) is 49.5 Å². The lowest BCUT2D eigenvalue weighted by Crippen LogP contribution is -2.20. The number of nitrogens with one attached hydrogen (secondary N) is 1. The van der Waals surface area contributed by atoms with Crippen molar-refractivity contribution in [3.05, 3.63) is 52.8 Å². The number of aromatic nitrogens is 2. The van der Waals surface area contributed by atoms with E-state index < -0.39 is 5.97 Å². The molecule has 0 atom stereocenters. The minimum absolute atomic E-state index is 0.129. The van der Waals surface area contributed by atoms with Crippen molar-refractivity contribution in [1.82, 2.24) is 9.97 Å². The molecule has 0 saturated heterocycles. The van der Waals surface area contributed by atoms with E-state index in [1.165, 1.54) is 12.4 Å². The largest absolute Gasteiger partial charge is 0.462 e. The Morgan fingerprint density at radius 2 is 1.79 bits per heavy atom. The molecule has 1 aliphatic rings. The van der Waals surface area contributed by atoms with Crippen molar-refractivity contribution >= 4 is 23.5 Å². The first kappa shape index (κ1) is 18.2. The van der Waals surface area contributed by atoms with Crippen molar-refractivity contribution < 1.29 is 9.53 Å². The maximum atomic E-state index is 11.6. The first-order chi connectivity index (χ1) is 11.6. The Morgan fingerprint density at radius 1 is 1.21 bits per heavy atom. The van der Waals surface area contributed by atoms with Gasteiger partial charge in [-0.2, -0.15) is 0 Å². The first-order valence-corrected chi connectivity index (χ1v) is 8.54. The van der Waals surface area contributed by atoms with Crippen LogP contribution in [0.15, 0.2) is 36.7 Å². The molecule has 3 rings (SSSR count). The maximum absolute atomic E-state index is 11.6. The molecular formula is C18H22ClN3O2. The Balaban J connectivity index is 0.00000100. The van der Waals surface area contributed by atoms with Gasteiger partial charge in [-0.15, -0.1) is 0 Å². The number of anilines is 1. The maximum Gasteiger partial charge on any atom is 0.341 e.